The topological polar surface area (TPSA) is 33.5 Å². The van der Waals surface area contributed by atoms with Gasteiger partial charge in [0.05, 0.1) is 0 Å². The van der Waals surface area contributed by atoms with E-state index in [0.717, 1.165) is 55.9 Å². The zero-order valence-corrected chi connectivity index (χ0v) is 28.3. The van der Waals surface area contributed by atoms with Gasteiger partial charge in [-0.1, -0.05) is 56.6 Å². The molecule has 236 valence electrons. The summed E-state index contributed by atoms with van der Waals surface area (Å²) in [7, 11) is 0. The number of fused-ring (bicyclic) bond motifs is 4. The van der Waals surface area contributed by atoms with Crippen LogP contribution in [0, 0.1) is 31.5 Å². The van der Waals surface area contributed by atoms with Gasteiger partial charge in [0.2, 0.25) is 0 Å². The largest absolute Gasteiger partial charge is 0.509 e. The van der Waals surface area contributed by atoms with Gasteiger partial charge < -0.3 is 19.1 Å². The second-order valence-corrected chi connectivity index (χ2v) is 11.9. The van der Waals surface area contributed by atoms with Gasteiger partial charge in [0.25, 0.3) is 0 Å². The van der Waals surface area contributed by atoms with Crippen molar-refractivity contribution in [3.05, 3.63) is 151 Å². The van der Waals surface area contributed by atoms with Crippen molar-refractivity contribution in [2.24, 2.45) is 0 Å². The van der Waals surface area contributed by atoms with Gasteiger partial charge in [-0.3, -0.25) is 0 Å². The van der Waals surface area contributed by atoms with Gasteiger partial charge >= 0.3 is 0 Å². The molecule has 7 heteroatoms. The number of benzene rings is 5. The van der Waals surface area contributed by atoms with Crippen LogP contribution in [-0.2, 0) is 21.1 Å². The zero-order valence-electron chi connectivity index (χ0n) is 26.0. The first-order chi connectivity index (χ1) is 22.4. The van der Waals surface area contributed by atoms with Crippen molar-refractivity contribution in [1.82, 2.24) is 9.55 Å². The summed E-state index contributed by atoms with van der Waals surface area (Å²) in [5.74, 6) is 2.13. The number of aryl methyl sites for hydroxylation is 1. The first kappa shape index (κ1) is 30.7. The number of hydrogen-bond acceptors (Lipinski definition) is 4. The second-order valence-electron chi connectivity index (χ2n) is 11.9. The molecule has 0 saturated heterocycles. The standard InChI is InChI=1S/C40H30FN4O.Pt/c1-26(2)28-18-19-42-40(22-28)45-36-9-5-4-8-34(36)35-17-16-32(24-39(35)45)46-33-21-27(3)20-31(23-33)44-25-43(30-14-12-29(41)13-15-30)37-10-6-7-11-38(37)44;/h4-22,25-26H,1-3H3;/q-3;. The van der Waals surface area contributed by atoms with E-state index < -0.39 is 0 Å². The van der Waals surface area contributed by atoms with Crippen molar-refractivity contribution < 1.29 is 30.2 Å². The fraction of sp³-hybridized carbons (Fsp3) is 0.100. The fourth-order valence-corrected chi connectivity index (χ4v) is 6.16. The molecule has 0 radical (unpaired) electrons. The average molecular weight is 797 g/mol. The van der Waals surface area contributed by atoms with Crippen molar-refractivity contribution in [3.63, 3.8) is 0 Å². The Morgan fingerprint density at radius 3 is 2.30 bits per heavy atom. The molecule has 8 rings (SSSR count). The summed E-state index contributed by atoms with van der Waals surface area (Å²) in [5, 5.41) is 2.22. The summed E-state index contributed by atoms with van der Waals surface area (Å²) in [6, 6.07) is 42.4. The van der Waals surface area contributed by atoms with Gasteiger partial charge in [0.1, 0.15) is 11.6 Å². The Balaban J connectivity index is 0.00000351. The van der Waals surface area contributed by atoms with Gasteiger partial charge in [-0.2, -0.15) is 11.6 Å². The van der Waals surface area contributed by atoms with E-state index >= 15 is 0 Å². The van der Waals surface area contributed by atoms with Crippen LogP contribution in [0.4, 0.5) is 27.1 Å². The van der Waals surface area contributed by atoms with Crippen LogP contribution in [0.2, 0.25) is 0 Å². The second kappa shape index (κ2) is 12.3. The Hall–Kier alpha value is -4.93. The van der Waals surface area contributed by atoms with E-state index in [1.54, 1.807) is 12.1 Å². The predicted octanol–water partition coefficient (Wildman–Crippen LogP) is 10.5. The number of rotatable bonds is 6. The maximum atomic E-state index is 13.7. The Bertz CT molecular complexity index is 2240. The molecular weight excluding hydrogens is 767 g/mol. The van der Waals surface area contributed by atoms with Gasteiger partial charge in [-0.25, -0.2) is 9.37 Å². The summed E-state index contributed by atoms with van der Waals surface area (Å²) in [5.41, 5.74) is 7.91. The first-order valence-corrected chi connectivity index (χ1v) is 15.3. The Morgan fingerprint density at radius 2 is 1.51 bits per heavy atom. The van der Waals surface area contributed by atoms with Crippen LogP contribution in [0.25, 0.3) is 27.6 Å². The first-order valence-electron chi connectivity index (χ1n) is 15.3. The van der Waals surface area contributed by atoms with Gasteiger partial charge in [-0.05, 0) is 71.5 Å². The number of para-hydroxylation sites is 3. The SMILES string of the molecule is Cc1cc(Oc2[c-]c3c(cc2)c2ccccc2n3-c2cc(C(C)C)ccn2)[c-]c(N2[CH-]N(c3ccc(F)cc3)c3ccccc32)c1.[Pt]. The molecule has 0 bridgehead atoms. The van der Waals surface area contributed by atoms with Crippen molar-refractivity contribution >= 4 is 44.6 Å². The molecule has 3 heterocycles. The predicted molar refractivity (Wildman–Crippen MR) is 183 cm³/mol. The molecule has 0 aliphatic carbocycles. The number of aromatic nitrogens is 2. The molecule has 5 nitrogen and oxygen atoms in total. The number of nitrogens with zero attached hydrogens (tertiary/aromatic N) is 4. The van der Waals surface area contributed by atoms with Crippen molar-refractivity contribution in [2.75, 3.05) is 9.80 Å². The van der Waals surface area contributed by atoms with Crippen molar-refractivity contribution in [3.8, 4) is 17.3 Å². The molecule has 2 aromatic heterocycles. The van der Waals surface area contributed by atoms with Gasteiger partial charge in [0, 0.05) is 61.3 Å². The minimum Gasteiger partial charge on any atom is -0.509 e. The molecule has 5 aromatic carbocycles. The third kappa shape index (κ3) is 5.57. The van der Waals surface area contributed by atoms with E-state index in [4.69, 9.17) is 9.72 Å². The molecule has 0 spiro atoms. The molecule has 47 heavy (non-hydrogen) atoms. The van der Waals surface area contributed by atoms with Crippen LogP contribution in [0.15, 0.2) is 115 Å². The molecule has 0 fully saturated rings. The molecule has 0 atom stereocenters. The zero-order chi connectivity index (χ0) is 31.4. The normalized spacial score (nSPS) is 12.5. The number of pyridine rings is 1. The summed E-state index contributed by atoms with van der Waals surface area (Å²) in [6.45, 7) is 8.42. The van der Waals surface area contributed by atoms with Crippen LogP contribution >= 0.6 is 0 Å². The summed E-state index contributed by atoms with van der Waals surface area (Å²) < 4.78 is 22.4. The average Bonchev–Trinajstić information content (AvgIpc) is 3.61. The molecule has 0 saturated carbocycles. The van der Waals surface area contributed by atoms with E-state index in [0.29, 0.717) is 17.4 Å². The van der Waals surface area contributed by atoms with Gasteiger partial charge in [0.15, 0.2) is 0 Å². The van der Waals surface area contributed by atoms with Crippen LogP contribution in [0.3, 0.4) is 0 Å². The molecule has 1 aliphatic heterocycles. The third-order valence-corrected chi connectivity index (χ3v) is 8.41. The number of anilines is 4. The Kier molecular flexibility index (Phi) is 8.07. The maximum Gasteiger partial charge on any atom is 0.135 e. The Labute approximate surface area is 288 Å². The van der Waals surface area contributed by atoms with Gasteiger partial charge in [-0.15, -0.1) is 48.1 Å². The molecule has 0 N–H and O–H groups in total. The summed E-state index contributed by atoms with van der Waals surface area (Å²) in [6.07, 6.45) is 1.87. The quantitative estimate of drug-likeness (QED) is 0.157. The molecule has 7 aromatic rings. The monoisotopic (exact) mass is 796 g/mol. The maximum absolute atomic E-state index is 13.7. The summed E-state index contributed by atoms with van der Waals surface area (Å²) in [4.78, 5) is 8.89. The Morgan fingerprint density at radius 1 is 0.766 bits per heavy atom. The third-order valence-electron chi connectivity index (χ3n) is 8.41. The number of hydrogen-bond donors (Lipinski definition) is 0. The molecule has 0 unspecified atom stereocenters. The molecule has 0 amide bonds. The smallest absolute Gasteiger partial charge is 0.135 e. The van der Waals surface area contributed by atoms with Crippen LogP contribution in [0.5, 0.6) is 11.5 Å². The minimum absolute atomic E-state index is 0. The molecule has 1 aliphatic rings. The van der Waals surface area contributed by atoms with Crippen LogP contribution in [0.1, 0.15) is 30.9 Å². The van der Waals surface area contributed by atoms with E-state index in [-0.39, 0.29) is 26.9 Å². The summed E-state index contributed by atoms with van der Waals surface area (Å²) >= 11 is 0. The van der Waals surface area contributed by atoms with Crippen molar-refractivity contribution in [2.45, 2.75) is 26.7 Å². The fourth-order valence-electron chi connectivity index (χ4n) is 6.16. The van der Waals surface area contributed by atoms with Crippen LogP contribution < -0.4 is 14.5 Å². The minimum atomic E-state index is -0.266. The van der Waals surface area contributed by atoms with E-state index in [1.807, 2.05) is 49.0 Å². The van der Waals surface area contributed by atoms with E-state index in [9.17, 15) is 4.39 Å². The van der Waals surface area contributed by atoms with Crippen LogP contribution in [-0.4, -0.2) is 9.55 Å². The van der Waals surface area contributed by atoms with E-state index in [1.165, 1.54) is 17.7 Å². The molecular formula is C40H30FN4OPt-3. The van der Waals surface area contributed by atoms with E-state index in [2.05, 4.69) is 96.1 Å². The number of halogens is 1. The number of ether oxygens (including phenoxy) is 1. The van der Waals surface area contributed by atoms with Crippen molar-refractivity contribution in [1.29, 1.82) is 0 Å².